The van der Waals surface area contributed by atoms with Crippen LogP contribution < -0.4 is 0 Å². The van der Waals surface area contributed by atoms with E-state index in [4.69, 9.17) is 10.4 Å². The molecule has 0 amide bonds. The molecule has 0 atom stereocenters. The van der Waals surface area contributed by atoms with Gasteiger partial charge in [0.25, 0.3) is 0 Å². The maximum atomic E-state index is 8.71. The Bertz CT molecular complexity index is 113. The smallest absolute Gasteiger partial charge is 0.0621 e. The predicted octanol–water partition coefficient (Wildman–Crippen LogP) is 1.31. The third kappa shape index (κ3) is 3.99. The first-order valence-electron chi connectivity index (χ1n) is 3.10. The Balaban J connectivity index is 3.48. The molecule has 0 saturated heterocycles. The Kier molecular flexibility index (Phi) is 3.26. The molecule has 2 nitrogen and oxygen atoms in total. The molecule has 0 saturated carbocycles. The molecule has 0 heterocycles. The molecule has 2 heteroatoms. The van der Waals surface area contributed by atoms with E-state index in [1.54, 1.807) is 0 Å². The highest BCUT2D eigenvalue weighted by molar-refractivity contribution is 4.76. The SMILES string of the molecule is CC(C)(CO)CCC#N. The highest BCUT2D eigenvalue weighted by Gasteiger charge is 2.14. The summed E-state index contributed by atoms with van der Waals surface area (Å²) in [5, 5.41) is 16.9. The summed E-state index contributed by atoms with van der Waals surface area (Å²) in [4.78, 5) is 0. The summed E-state index contributed by atoms with van der Waals surface area (Å²) in [5.74, 6) is 0. The van der Waals surface area contributed by atoms with Crippen molar-refractivity contribution >= 4 is 0 Å². The number of nitrogens with zero attached hydrogens (tertiary/aromatic N) is 1. The molecule has 0 unspecified atom stereocenters. The minimum absolute atomic E-state index is 0.0737. The van der Waals surface area contributed by atoms with Crippen molar-refractivity contribution < 1.29 is 5.11 Å². The second kappa shape index (κ2) is 3.47. The monoisotopic (exact) mass is 127 g/mol. The van der Waals surface area contributed by atoms with Gasteiger partial charge in [0.15, 0.2) is 0 Å². The molecular formula is C7H13NO. The lowest BCUT2D eigenvalue weighted by Gasteiger charge is -2.18. The molecule has 0 bridgehead atoms. The quantitative estimate of drug-likeness (QED) is 0.621. The Hall–Kier alpha value is -0.550. The second-order valence-electron chi connectivity index (χ2n) is 2.98. The molecule has 9 heavy (non-hydrogen) atoms. The second-order valence-corrected chi connectivity index (χ2v) is 2.98. The van der Waals surface area contributed by atoms with Crippen molar-refractivity contribution in [1.29, 1.82) is 5.26 Å². The average molecular weight is 127 g/mol. The van der Waals surface area contributed by atoms with Gasteiger partial charge in [-0.3, -0.25) is 0 Å². The average Bonchev–Trinajstić information content (AvgIpc) is 1.84. The highest BCUT2D eigenvalue weighted by Crippen LogP contribution is 2.19. The summed E-state index contributed by atoms with van der Waals surface area (Å²) >= 11 is 0. The Morgan fingerprint density at radius 2 is 2.11 bits per heavy atom. The van der Waals surface area contributed by atoms with Gasteiger partial charge in [0, 0.05) is 13.0 Å². The third-order valence-corrected chi connectivity index (χ3v) is 1.34. The normalized spacial score (nSPS) is 10.9. The Morgan fingerprint density at radius 1 is 1.56 bits per heavy atom. The van der Waals surface area contributed by atoms with Crippen LogP contribution in [0.25, 0.3) is 0 Å². The molecule has 0 aliphatic carbocycles. The maximum Gasteiger partial charge on any atom is 0.0621 e. The number of aliphatic hydroxyl groups excluding tert-OH is 1. The van der Waals surface area contributed by atoms with Gasteiger partial charge in [-0.2, -0.15) is 5.26 Å². The zero-order valence-corrected chi connectivity index (χ0v) is 6.02. The summed E-state index contributed by atoms with van der Waals surface area (Å²) in [6, 6.07) is 2.05. The molecule has 0 radical (unpaired) electrons. The molecule has 0 aromatic carbocycles. The van der Waals surface area contributed by atoms with Gasteiger partial charge in [-0.15, -0.1) is 0 Å². The number of hydrogen-bond donors (Lipinski definition) is 1. The van der Waals surface area contributed by atoms with E-state index >= 15 is 0 Å². The largest absolute Gasteiger partial charge is 0.396 e. The van der Waals surface area contributed by atoms with Gasteiger partial charge in [-0.1, -0.05) is 13.8 Å². The number of rotatable bonds is 3. The van der Waals surface area contributed by atoms with Crippen LogP contribution in [0.5, 0.6) is 0 Å². The maximum absolute atomic E-state index is 8.71. The van der Waals surface area contributed by atoms with Gasteiger partial charge in [-0.25, -0.2) is 0 Å². The first-order valence-corrected chi connectivity index (χ1v) is 3.10. The summed E-state index contributed by atoms with van der Waals surface area (Å²) in [6.45, 7) is 4.06. The molecule has 0 aromatic rings. The zero-order valence-electron chi connectivity index (χ0n) is 6.02. The lowest BCUT2D eigenvalue weighted by atomic mass is 9.89. The molecule has 0 rings (SSSR count). The van der Waals surface area contributed by atoms with Gasteiger partial charge >= 0.3 is 0 Å². The van der Waals surface area contributed by atoms with Crippen molar-refractivity contribution in [2.45, 2.75) is 26.7 Å². The van der Waals surface area contributed by atoms with Crippen LogP contribution in [0.4, 0.5) is 0 Å². The lowest BCUT2D eigenvalue weighted by Crippen LogP contribution is -2.15. The summed E-state index contributed by atoms with van der Waals surface area (Å²) < 4.78 is 0. The number of aliphatic hydroxyl groups is 1. The van der Waals surface area contributed by atoms with Gasteiger partial charge in [-0.05, 0) is 11.8 Å². The molecular weight excluding hydrogens is 114 g/mol. The van der Waals surface area contributed by atoms with Gasteiger partial charge in [0.1, 0.15) is 0 Å². The number of hydrogen-bond acceptors (Lipinski definition) is 2. The highest BCUT2D eigenvalue weighted by atomic mass is 16.3. The fraction of sp³-hybridized carbons (Fsp3) is 0.857. The van der Waals surface area contributed by atoms with Crippen LogP contribution in [0.2, 0.25) is 0 Å². The van der Waals surface area contributed by atoms with E-state index in [9.17, 15) is 0 Å². The minimum atomic E-state index is -0.0737. The fourth-order valence-electron chi connectivity index (χ4n) is 0.473. The number of nitriles is 1. The molecule has 0 aromatic heterocycles. The van der Waals surface area contributed by atoms with Crippen molar-refractivity contribution in [3.63, 3.8) is 0 Å². The van der Waals surface area contributed by atoms with Crippen LogP contribution in [-0.2, 0) is 0 Å². The lowest BCUT2D eigenvalue weighted by molar-refractivity contribution is 0.152. The minimum Gasteiger partial charge on any atom is -0.396 e. The Labute approximate surface area is 56.1 Å². The van der Waals surface area contributed by atoms with E-state index in [2.05, 4.69) is 0 Å². The Morgan fingerprint density at radius 3 is 2.44 bits per heavy atom. The van der Waals surface area contributed by atoms with Crippen LogP contribution in [0.15, 0.2) is 0 Å². The fourth-order valence-corrected chi connectivity index (χ4v) is 0.473. The van der Waals surface area contributed by atoms with Crippen LogP contribution >= 0.6 is 0 Å². The summed E-state index contributed by atoms with van der Waals surface area (Å²) in [6.07, 6.45) is 1.31. The molecule has 0 aliphatic rings. The molecule has 0 spiro atoms. The first kappa shape index (κ1) is 8.45. The van der Waals surface area contributed by atoms with E-state index in [0.717, 1.165) is 6.42 Å². The van der Waals surface area contributed by atoms with Crippen LogP contribution in [0.3, 0.4) is 0 Å². The van der Waals surface area contributed by atoms with Crippen molar-refractivity contribution in [2.24, 2.45) is 5.41 Å². The molecule has 52 valence electrons. The van der Waals surface area contributed by atoms with Gasteiger partial charge in [0.05, 0.1) is 6.07 Å². The molecule has 0 fully saturated rings. The van der Waals surface area contributed by atoms with E-state index in [1.807, 2.05) is 19.9 Å². The first-order chi connectivity index (χ1) is 4.12. The van der Waals surface area contributed by atoms with E-state index in [0.29, 0.717) is 6.42 Å². The molecule has 0 aliphatic heterocycles. The topological polar surface area (TPSA) is 44.0 Å². The van der Waals surface area contributed by atoms with E-state index in [-0.39, 0.29) is 12.0 Å². The van der Waals surface area contributed by atoms with Crippen LogP contribution in [-0.4, -0.2) is 11.7 Å². The van der Waals surface area contributed by atoms with Crippen LogP contribution in [0, 0.1) is 16.7 Å². The standard InChI is InChI=1S/C7H13NO/c1-7(2,6-9)4-3-5-8/h9H,3-4,6H2,1-2H3. The summed E-state index contributed by atoms with van der Waals surface area (Å²) in [7, 11) is 0. The predicted molar refractivity (Wildman–Crippen MR) is 35.7 cm³/mol. The summed E-state index contributed by atoms with van der Waals surface area (Å²) in [5.41, 5.74) is -0.0737. The van der Waals surface area contributed by atoms with Crippen LogP contribution in [0.1, 0.15) is 26.7 Å². The van der Waals surface area contributed by atoms with Crippen molar-refractivity contribution in [3.05, 3.63) is 0 Å². The van der Waals surface area contributed by atoms with E-state index < -0.39 is 0 Å². The van der Waals surface area contributed by atoms with Crippen molar-refractivity contribution in [3.8, 4) is 6.07 Å². The van der Waals surface area contributed by atoms with Crippen molar-refractivity contribution in [1.82, 2.24) is 0 Å². The van der Waals surface area contributed by atoms with Gasteiger partial charge < -0.3 is 5.11 Å². The van der Waals surface area contributed by atoms with Gasteiger partial charge in [0.2, 0.25) is 0 Å². The third-order valence-electron chi connectivity index (χ3n) is 1.34. The zero-order chi connectivity index (χ0) is 7.33. The molecule has 1 N–H and O–H groups in total. The van der Waals surface area contributed by atoms with E-state index in [1.165, 1.54) is 0 Å². The van der Waals surface area contributed by atoms with Crippen molar-refractivity contribution in [2.75, 3.05) is 6.61 Å².